The molecule has 0 radical (unpaired) electrons. The van der Waals surface area contributed by atoms with Crippen LogP contribution in [0.25, 0.3) is 0 Å². The standard InChI is InChI=1S/C18H16F3NO4/c19-18(20,21)10-5-6-12-16(7-10)26-15-4-2-1-3-11(15)22(12)13-8-25-9-14(23)17(13)24/h1-7,13-14,17,23-24H,8-9H2. The minimum absolute atomic E-state index is 0.00349. The second-order valence-electron chi connectivity index (χ2n) is 6.28. The molecule has 138 valence electrons. The number of fused-ring (bicyclic) bond motifs is 2. The van der Waals surface area contributed by atoms with Gasteiger partial charge in [-0.3, -0.25) is 0 Å². The van der Waals surface area contributed by atoms with Crippen LogP contribution < -0.4 is 9.64 Å². The van der Waals surface area contributed by atoms with Gasteiger partial charge in [0.15, 0.2) is 11.5 Å². The molecule has 1 saturated heterocycles. The van der Waals surface area contributed by atoms with Gasteiger partial charge in [-0.2, -0.15) is 13.2 Å². The molecule has 2 aromatic rings. The molecule has 0 aliphatic carbocycles. The van der Waals surface area contributed by atoms with Crippen LogP contribution in [0.3, 0.4) is 0 Å². The Balaban J connectivity index is 1.84. The van der Waals surface area contributed by atoms with E-state index in [1.165, 1.54) is 6.07 Å². The van der Waals surface area contributed by atoms with E-state index in [0.29, 0.717) is 17.1 Å². The molecule has 2 aliphatic rings. The highest BCUT2D eigenvalue weighted by Gasteiger charge is 2.40. The van der Waals surface area contributed by atoms with Crippen molar-refractivity contribution >= 4 is 11.4 Å². The van der Waals surface area contributed by atoms with Crippen molar-refractivity contribution in [2.45, 2.75) is 24.4 Å². The third kappa shape index (κ3) is 2.80. The van der Waals surface area contributed by atoms with Gasteiger partial charge in [0, 0.05) is 0 Å². The van der Waals surface area contributed by atoms with E-state index in [2.05, 4.69) is 0 Å². The molecule has 2 N–H and O–H groups in total. The third-order valence-electron chi connectivity index (χ3n) is 4.59. The Bertz CT molecular complexity index is 826. The second kappa shape index (κ2) is 6.15. The molecule has 0 saturated carbocycles. The minimum Gasteiger partial charge on any atom is -0.453 e. The molecular formula is C18H16F3NO4. The Kier molecular flexibility index (Phi) is 4.06. The van der Waals surface area contributed by atoms with Crippen molar-refractivity contribution in [3.8, 4) is 11.5 Å². The number of ether oxygens (including phenoxy) is 2. The van der Waals surface area contributed by atoms with E-state index >= 15 is 0 Å². The predicted molar refractivity (Wildman–Crippen MR) is 86.7 cm³/mol. The summed E-state index contributed by atoms with van der Waals surface area (Å²) in [6.07, 6.45) is -6.70. The lowest BCUT2D eigenvalue weighted by Gasteiger charge is -2.43. The zero-order valence-electron chi connectivity index (χ0n) is 13.5. The summed E-state index contributed by atoms with van der Waals surface area (Å²) in [4.78, 5) is 1.67. The number of anilines is 2. The first-order chi connectivity index (χ1) is 12.4. The van der Waals surface area contributed by atoms with Crippen molar-refractivity contribution in [3.63, 3.8) is 0 Å². The van der Waals surface area contributed by atoms with Crippen LogP contribution in [0.2, 0.25) is 0 Å². The number of aliphatic hydroxyl groups is 2. The minimum atomic E-state index is -4.50. The number of aliphatic hydroxyl groups excluding tert-OH is 2. The van der Waals surface area contributed by atoms with Crippen LogP contribution in [0, 0.1) is 0 Å². The van der Waals surface area contributed by atoms with Gasteiger partial charge in [-0.1, -0.05) is 12.1 Å². The average Bonchev–Trinajstić information content (AvgIpc) is 2.61. The molecule has 0 aromatic heterocycles. The van der Waals surface area contributed by atoms with Crippen LogP contribution in [-0.4, -0.2) is 41.7 Å². The molecule has 1 fully saturated rings. The van der Waals surface area contributed by atoms with Crippen molar-refractivity contribution in [3.05, 3.63) is 48.0 Å². The highest BCUT2D eigenvalue weighted by Crippen LogP contribution is 2.49. The number of nitrogens with zero attached hydrogens (tertiary/aromatic N) is 1. The average molecular weight is 367 g/mol. The number of rotatable bonds is 1. The first kappa shape index (κ1) is 17.1. The second-order valence-corrected chi connectivity index (χ2v) is 6.28. The van der Waals surface area contributed by atoms with E-state index in [-0.39, 0.29) is 19.0 Å². The Morgan fingerprint density at radius 1 is 0.962 bits per heavy atom. The molecule has 2 aliphatic heterocycles. The van der Waals surface area contributed by atoms with Gasteiger partial charge in [0.25, 0.3) is 0 Å². The summed E-state index contributed by atoms with van der Waals surface area (Å²) < 4.78 is 50.2. The number of halogens is 3. The Morgan fingerprint density at radius 2 is 1.69 bits per heavy atom. The van der Waals surface area contributed by atoms with Crippen molar-refractivity contribution < 1.29 is 32.9 Å². The van der Waals surface area contributed by atoms with Crippen LogP contribution in [0.5, 0.6) is 11.5 Å². The highest BCUT2D eigenvalue weighted by atomic mass is 19.4. The molecule has 4 rings (SSSR count). The van der Waals surface area contributed by atoms with E-state index in [1.807, 2.05) is 0 Å². The quantitative estimate of drug-likeness (QED) is 0.811. The molecule has 26 heavy (non-hydrogen) atoms. The predicted octanol–water partition coefficient (Wildman–Crippen LogP) is 3.07. The van der Waals surface area contributed by atoms with E-state index in [9.17, 15) is 23.4 Å². The normalized spacial score (nSPS) is 25.3. The smallest absolute Gasteiger partial charge is 0.416 e. The van der Waals surface area contributed by atoms with E-state index < -0.39 is 30.0 Å². The molecule has 0 spiro atoms. The number of benzene rings is 2. The van der Waals surface area contributed by atoms with Gasteiger partial charge in [-0.25, -0.2) is 0 Å². The van der Waals surface area contributed by atoms with Crippen molar-refractivity contribution in [2.24, 2.45) is 0 Å². The van der Waals surface area contributed by atoms with Gasteiger partial charge < -0.3 is 24.6 Å². The lowest BCUT2D eigenvalue weighted by molar-refractivity contribution is -0.137. The van der Waals surface area contributed by atoms with Crippen LogP contribution in [0.15, 0.2) is 42.5 Å². The van der Waals surface area contributed by atoms with Crippen LogP contribution in [-0.2, 0) is 10.9 Å². The van der Waals surface area contributed by atoms with Crippen LogP contribution in [0.1, 0.15) is 5.56 Å². The van der Waals surface area contributed by atoms with Gasteiger partial charge in [-0.05, 0) is 30.3 Å². The summed E-state index contributed by atoms with van der Waals surface area (Å²) in [6.45, 7) is 0.122. The van der Waals surface area contributed by atoms with E-state index in [4.69, 9.17) is 9.47 Å². The Morgan fingerprint density at radius 3 is 2.46 bits per heavy atom. The zero-order chi connectivity index (χ0) is 18.5. The maximum atomic E-state index is 13.1. The van der Waals surface area contributed by atoms with Crippen LogP contribution in [0.4, 0.5) is 24.5 Å². The summed E-state index contributed by atoms with van der Waals surface area (Å²) in [7, 11) is 0. The fourth-order valence-corrected chi connectivity index (χ4v) is 3.31. The number of para-hydroxylation sites is 2. The Hall–Kier alpha value is -2.29. The first-order valence-corrected chi connectivity index (χ1v) is 8.07. The molecule has 0 bridgehead atoms. The van der Waals surface area contributed by atoms with Crippen molar-refractivity contribution in [1.82, 2.24) is 0 Å². The largest absolute Gasteiger partial charge is 0.453 e. The summed E-state index contributed by atoms with van der Waals surface area (Å²) in [5, 5.41) is 20.4. The van der Waals surface area contributed by atoms with Crippen molar-refractivity contribution in [2.75, 3.05) is 18.1 Å². The van der Waals surface area contributed by atoms with Gasteiger partial charge >= 0.3 is 6.18 Å². The monoisotopic (exact) mass is 367 g/mol. The fourth-order valence-electron chi connectivity index (χ4n) is 3.31. The molecule has 0 amide bonds. The fraction of sp³-hybridized carbons (Fsp3) is 0.333. The topological polar surface area (TPSA) is 62.2 Å². The molecular weight excluding hydrogens is 351 g/mol. The highest BCUT2D eigenvalue weighted by molar-refractivity contribution is 5.79. The lowest BCUT2D eigenvalue weighted by atomic mass is 9.99. The maximum Gasteiger partial charge on any atom is 0.416 e. The summed E-state index contributed by atoms with van der Waals surface area (Å²) in [5.74, 6) is 0.400. The zero-order valence-corrected chi connectivity index (χ0v) is 13.5. The number of alkyl halides is 3. The summed E-state index contributed by atoms with van der Waals surface area (Å²) in [5.41, 5.74) is 0.135. The molecule has 5 nitrogen and oxygen atoms in total. The summed E-state index contributed by atoms with van der Waals surface area (Å²) in [6, 6.07) is 9.39. The van der Waals surface area contributed by atoms with Crippen molar-refractivity contribution in [1.29, 1.82) is 0 Å². The maximum absolute atomic E-state index is 13.1. The SMILES string of the molecule is OC1COCC(N2c3ccccc3Oc3cc(C(F)(F)F)ccc32)C1O. The third-order valence-corrected chi connectivity index (χ3v) is 4.59. The molecule has 2 heterocycles. The molecule has 8 heteroatoms. The molecule has 2 aromatic carbocycles. The van der Waals surface area contributed by atoms with Gasteiger partial charge in [0.05, 0.1) is 36.2 Å². The van der Waals surface area contributed by atoms with Crippen LogP contribution >= 0.6 is 0 Å². The van der Waals surface area contributed by atoms with E-state index in [1.54, 1.807) is 29.2 Å². The van der Waals surface area contributed by atoms with Gasteiger partial charge in [0.2, 0.25) is 0 Å². The first-order valence-electron chi connectivity index (χ1n) is 8.07. The lowest BCUT2D eigenvalue weighted by Crippen LogP contribution is -2.55. The summed E-state index contributed by atoms with van der Waals surface area (Å²) >= 11 is 0. The van der Waals surface area contributed by atoms with Gasteiger partial charge in [0.1, 0.15) is 12.2 Å². The van der Waals surface area contributed by atoms with E-state index in [0.717, 1.165) is 12.1 Å². The number of hydrogen-bond donors (Lipinski definition) is 2. The van der Waals surface area contributed by atoms with Gasteiger partial charge in [-0.15, -0.1) is 0 Å². The molecule has 3 unspecified atom stereocenters. The Labute approximate surface area is 147 Å². The number of hydrogen-bond acceptors (Lipinski definition) is 5. The molecule has 3 atom stereocenters.